The molecule has 1 amide bonds. The third kappa shape index (κ3) is 3.70. The SMILES string of the molecule is COc1ccc(C(=O)NC[C@H]2CCS(=O)(=O)C2)cc1. The second kappa shape index (κ2) is 5.61. The largest absolute Gasteiger partial charge is 0.497 e. The molecule has 0 aliphatic carbocycles. The van der Waals surface area contributed by atoms with Crippen molar-refractivity contribution in [3.05, 3.63) is 29.8 Å². The summed E-state index contributed by atoms with van der Waals surface area (Å²) in [6, 6.07) is 6.79. The lowest BCUT2D eigenvalue weighted by Gasteiger charge is -2.09. The fraction of sp³-hybridized carbons (Fsp3) is 0.462. The lowest BCUT2D eigenvalue weighted by atomic mass is 10.1. The molecule has 1 aromatic carbocycles. The summed E-state index contributed by atoms with van der Waals surface area (Å²) in [6.45, 7) is 0.407. The molecule has 0 unspecified atom stereocenters. The Morgan fingerprint density at radius 1 is 1.37 bits per heavy atom. The first-order chi connectivity index (χ1) is 9.00. The van der Waals surface area contributed by atoms with Crippen molar-refractivity contribution in [2.45, 2.75) is 6.42 Å². The van der Waals surface area contributed by atoms with Gasteiger partial charge in [0.1, 0.15) is 5.75 Å². The quantitative estimate of drug-likeness (QED) is 0.889. The Bertz CT molecular complexity index is 551. The molecule has 6 heteroatoms. The maximum absolute atomic E-state index is 11.9. The summed E-state index contributed by atoms with van der Waals surface area (Å²) in [5.74, 6) is 0.948. The molecule has 5 nitrogen and oxygen atoms in total. The lowest BCUT2D eigenvalue weighted by molar-refractivity contribution is 0.0948. The molecule has 0 radical (unpaired) electrons. The van der Waals surface area contributed by atoms with Crippen LogP contribution in [0, 0.1) is 5.92 Å². The number of sulfone groups is 1. The van der Waals surface area contributed by atoms with Crippen molar-refractivity contribution in [1.82, 2.24) is 5.32 Å². The number of nitrogens with one attached hydrogen (secondary N) is 1. The van der Waals surface area contributed by atoms with Crippen LogP contribution in [-0.4, -0.2) is 39.5 Å². The summed E-state index contributed by atoms with van der Waals surface area (Å²) in [7, 11) is -1.32. The fourth-order valence-corrected chi connectivity index (χ4v) is 3.98. The minimum absolute atomic E-state index is 0.0344. The van der Waals surface area contributed by atoms with Crippen molar-refractivity contribution >= 4 is 15.7 Å². The van der Waals surface area contributed by atoms with Crippen LogP contribution in [0.1, 0.15) is 16.8 Å². The van der Waals surface area contributed by atoms with Crippen molar-refractivity contribution in [3.8, 4) is 5.75 Å². The Morgan fingerprint density at radius 3 is 2.58 bits per heavy atom. The molecule has 0 spiro atoms. The van der Waals surface area contributed by atoms with E-state index >= 15 is 0 Å². The number of ether oxygens (including phenoxy) is 1. The molecule has 2 rings (SSSR count). The average Bonchev–Trinajstić information content (AvgIpc) is 2.76. The van der Waals surface area contributed by atoms with E-state index in [4.69, 9.17) is 4.74 Å². The van der Waals surface area contributed by atoms with Crippen LogP contribution in [0.4, 0.5) is 0 Å². The van der Waals surface area contributed by atoms with E-state index < -0.39 is 9.84 Å². The van der Waals surface area contributed by atoms with Gasteiger partial charge in [-0.2, -0.15) is 0 Å². The zero-order valence-corrected chi connectivity index (χ0v) is 11.6. The Labute approximate surface area is 112 Å². The normalized spacial score (nSPS) is 21.0. The monoisotopic (exact) mass is 283 g/mol. The molecule has 0 aromatic heterocycles. The number of methoxy groups -OCH3 is 1. The van der Waals surface area contributed by atoms with Crippen molar-refractivity contribution in [2.24, 2.45) is 5.92 Å². The Balaban J connectivity index is 1.87. The van der Waals surface area contributed by atoms with Gasteiger partial charge in [-0.1, -0.05) is 0 Å². The molecule has 0 bridgehead atoms. The molecule has 104 valence electrons. The van der Waals surface area contributed by atoms with Gasteiger partial charge in [0.15, 0.2) is 9.84 Å². The van der Waals surface area contributed by atoms with Gasteiger partial charge in [0.25, 0.3) is 5.91 Å². The topological polar surface area (TPSA) is 72.5 Å². The molecule has 1 aliphatic heterocycles. The molecule has 1 atom stereocenters. The van der Waals surface area contributed by atoms with Crippen molar-refractivity contribution in [2.75, 3.05) is 25.2 Å². The maximum atomic E-state index is 11.9. The third-order valence-electron chi connectivity index (χ3n) is 3.23. The predicted octanol–water partition coefficient (Wildman–Crippen LogP) is 0.860. The highest BCUT2D eigenvalue weighted by atomic mass is 32.2. The van der Waals surface area contributed by atoms with E-state index in [1.807, 2.05) is 0 Å². The molecular weight excluding hydrogens is 266 g/mol. The molecule has 1 fully saturated rings. The van der Waals surface area contributed by atoms with Crippen molar-refractivity contribution < 1.29 is 17.9 Å². The number of benzene rings is 1. The average molecular weight is 283 g/mol. The van der Waals surface area contributed by atoms with E-state index in [0.29, 0.717) is 24.3 Å². The first kappa shape index (κ1) is 13.9. The van der Waals surface area contributed by atoms with Gasteiger partial charge >= 0.3 is 0 Å². The van der Waals surface area contributed by atoms with Crippen LogP contribution in [0.15, 0.2) is 24.3 Å². The third-order valence-corrected chi connectivity index (χ3v) is 5.07. The van der Waals surface area contributed by atoms with Crippen molar-refractivity contribution in [1.29, 1.82) is 0 Å². The Hall–Kier alpha value is -1.56. The summed E-state index contributed by atoms with van der Waals surface area (Å²) in [5, 5.41) is 2.77. The van der Waals surface area contributed by atoms with Crippen LogP contribution in [0.3, 0.4) is 0 Å². The van der Waals surface area contributed by atoms with Gasteiger partial charge < -0.3 is 10.1 Å². The van der Waals surface area contributed by atoms with Crippen LogP contribution < -0.4 is 10.1 Å². The minimum atomic E-state index is -2.88. The summed E-state index contributed by atoms with van der Waals surface area (Å²) >= 11 is 0. The summed E-state index contributed by atoms with van der Waals surface area (Å²) in [6.07, 6.45) is 0.630. The van der Waals surface area contributed by atoms with E-state index in [9.17, 15) is 13.2 Å². The van der Waals surface area contributed by atoms with E-state index in [2.05, 4.69) is 5.32 Å². The molecular formula is C13H17NO4S. The predicted molar refractivity (Wildman–Crippen MR) is 72.1 cm³/mol. The number of rotatable bonds is 4. The Morgan fingerprint density at radius 2 is 2.05 bits per heavy atom. The minimum Gasteiger partial charge on any atom is -0.497 e. The zero-order valence-electron chi connectivity index (χ0n) is 10.8. The van der Waals surface area contributed by atoms with E-state index in [-0.39, 0.29) is 23.3 Å². The van der Waals surface area contributed by atoms with Gasteiger partial charge in [-0.3, -0.25) is 4.79 Å². The second-order valence-electron chi connectivity index (χ2n) is 4.71. The highest BCUT2D eigenvalue weighted by Crippen LogP contribution is 2.17. The van der Waals surface area contributed by atoms with Crippen LogP contribution >= 0.6 is 0 Å². The number of hydrogen-bond donors (Lipinski definition) is 1. The van der Waals surface area contributed by atoms with E-state index in [1.54, 1.807) is 31.4 Å². The summed E-state index contributed by atoms with van der Waals surface area (Å²) < 4.78 is 27.6. The molecule has 19 heavy (non-hydrogen) atoms. The standard InChI is InChI=1S/C13H17NO4S/c1-18-12-4-2-11(3-5-12)13(15)14-8-10-6-7-19(16,17)9-10/h2-5,10H,6-9H2,1H3,(H,14,15)/t10-/m1/s1. The first-order valence-corrected chi connectivity index (χ1v) is 7.95. The highest BCUT2D eigenvalue weighted by Gasteiger charge is 2.27. The molecule has 1 aromatic rings. The Kier molecular flexibility index (Phi) is 4.09. The molecule has 1 N–H and O–H groups in total. The van der Waals surface area contributed by atoms with Gasteiger partial charge in [0, 0.05) is 12.1 Å². The first-order valence-electron chi connectivity index (χ1n) is 6.13. The number of amides is 1. The van der Waals surface area contributed by atoms with Gasteiger partial charge in [-0.15, -0.1) is 0 Å². The van der Waals surface area contributed by atoms with E-state index in [0.717, 1.165) is 0 Å². The van der Waals surface area contributed by atoms with Crippen LogP contribution in [0.5, 0.6) is 5.75 Å². The summed E-state index contributed by atoms with van der Waals surface area (Å²) in [4.78, 5) is 11.9. The van der Waals surface area contributed by atoms with Crippen LogP contribution in [0.2, 0.25) is 0 Å². The molecule has 0 saturated carbocycles. The van der Waals surface area contributed by atoms with Gasteiger partial charge in [0.2, 0.25) is 0 Å². The van der Waals surface area contributed by atoms with Crippen LogP contribution in [0.25, 0.3) is 0 Å². The van der Waals surface area contributed by atoms with E-state index in [1.165, 1.54) is 0 Å². The fourth-order valence-electron chi connectivity index (χ4n) is 2.11. The van der Waals surface area contributed by atoms with Crippen LogP contribution in [-0.2, 0) is 9.84 Å². The smallest absolute Gasteiger partial charge is 0.251 e. The maximum Gasteiger partial charge on any atom is 0.251 e. The number of hydrogen-bond acceptors (Lipinski definition) is 4. The van der Waals surface area contributed by atoms with Gasteiger partial charge in [-0.25, -0.2) is 8.42 Å². The van der Waals surface area contributed by atoms with Gasteiger partial charge in [0.05, 0.1) is 18.6 Å². The molecule has 1 saturated heterocycles. The molecule has 1 aliphatic rings. The number of carbonyl (C=O) groups excluding carboxylic acids is 1. The second-order valence-corrected chi connectivity index (χ2v) is 6.94. The highest BCUT2D eigenvalue weighted by molar-refractivity contribution is 7.91. The molecule has 1 heterocycles. The summed E-state index contributed by atoms with van der Waals surface area (Å²) in [5.41, 5.74) is 0.543. The van der Waals surface area contributed by atoms with Crippen molar-refractivity contribution in [3.63, 3.8) is 0 Å². The lowest BCUT2D eigenvalue weighted by Crippen LogP contribution is -2.29. The van der Waals surface area contributed by atoms with Gasteiger partial charge in [-0.05, 0) is 36.6 Å². The zero-order chi connectivity index (χ0) is 13.9. The number of carbonyl (C=O) groups is 1.